The number of carbonyl (C=O) groups excluding carboxylic acids is 1. The fraction of sp³-hybridized carbons (Fsp3) is 0.474. The minimum absolute atomic E-state index is 0.0228. The van der Waals surface area contributed by atoms with Crippen LogP contribution in [0.3, 0.4) is 0 Å². The summed E-state index contributed by atoms with van der Waals surface area (Å²) in [7, 11) is 3.99. The van der Waals surface area contributed by atoms with Crippen molar-refractivity contribution in [1.29, 1.82) is 0 Å². The van der Waals surface area contributed by atoms with Gasteiger partial charge >= 0.3 is 0 Å². The quantitative estimate of drug-likeness (QED) is 0.850. The Bertz CT molecular complexity index is 703. The first-order chi connectivity index (χ1) is 11.5. The topological polar surface area (TPSA) is 50.2 Å². The Kier molecular flexibility index (Phi) is 6.15. The number of aromatic nitrogens is 2. The molecule has 2 rings (SSSR count). The average Bonchev–Trinajstić information content (AvgIpc) is 2.93. The Morgan fingerprint density at radius 3 is 2.50 bits per heavy atom. The van der Waals surface area contributed by atoms with E-state index in [0.29, 0.717) is 6.54 Å². The van der Waals surface area contributed by atoms with Crippen LogP contribution in [0, 0.1) is 6.92 Å². The molecule has 130 valence electrons. The van der Waals surface area contributed by atoms with Crippen molar-refractivity contribution in [3.8, 4) is 5.69 Å². The molecule has 0 aliphatic heterocycles. The minimum atomic E-state index is -0.0228. The molecule has 1 aromatic carbocycles. The smallest absolute Gasteiger partial charge is 0.255 e. The van der Waals surface area contributed by atoms with Crippen molar-refractivity contribution in [2.24, 2.45) is 0 Å². The van der Waals surface area contributed by atoms with Gasteiger partial charge < -0.3 is 10.2 Å². The molecule has 24 heavy (non-hydrogen) atoms. The predicted octanol–water partition coefficient (Wildman–Crippen LogP) is 2.60. The molecule has 0 unspecified atom stereocenters. The number of benzene rings is 1. The van der Waals surface area contributed by atoms with Crippen molar-refractivity contribution in [3.63, 3.8) is 0 Å². The number of nitrogens with zero attached hydrogens (tertiary/aromatic N) is 3. The Balaban J connectivity index is 2.41. The maximum absolute atomic E-state index is 12.7. The van der Waals surface area contributed by atoms with Crippen molar-refractivity contribution in [2.45, 2.75) is 33.6 Å². The summed E-state index contributed by atoms with van der Waals surface area (Å²) >= 11 is 0. The molecule has 2 aromatic rings. The number of para-hydroxylation sites is 1. The number of aryl methyl sites for hydroxylation is 2. The van der Waals surface area contributed by atoms with Crippen LogP contribution < -0.4 is 5.32 Å². The zero-order valence-corrected chi connectivity index (χ0v) is 15.4. The molecule has 0 spiro atoms. The van der Waals surface area contributed by atoms with Crippen LogP contribution in [-0.4, -0.2) is 47.8 Å². The van der Waals surface area contributed by atoms with Crippen molar-refractivity contribution >= 4 is 5.91 Å². The molecule has 0 atom stereocenters. The van der Waals surface area contributed by atoms with E-state index in [4.69, 9.17) is 5.10 Å². The van der Waals surface area contributed by atoms with E-state index in [-0.39, 0.29) is 5.91 Å². The first-order valence-electron chi connectivity index (χ1n) is 8.59. The van der Waals surface area contributed by atoms with Crippen LogP contribution in [0.4, 0.5) is 0 Å². The molecule has 1 heterocycles. The lowest BCUT2D eigenvalue weighted by Crippen LogP contribution is -2.32. The summed E-state index contributed by atoms with van der Waals surface area (Å²) in [6.45, 7) is 7.63. The van der Waals surface area contributed by atoms with Crippen LogP contribution in [0.5, 0.6) is 0 Å². The standard InChI is InChI=1S/C19H28N4O/c1-6-15-18(19(24)20-12-13-22(4)5)16(7-2)23(21-15)17-11-9-8-10-14(17)3/h8-11H,6-7,12-13H2,1-5H3,(H,20,24). The van der Waals surface area contributed by atoms with Gasteiger partial charge in [-0.2, -0.15) is 5.10 Å². The number of hydrogen-bond donors (Lipinski definition) is 1. The number of carbonyl (C=O) groups is 1. The maximum Gasteiger partial charge on any atom is 0.255 e. The molecular weight excluding hydrogens is 300 g/mol. The first kappa shape index (κ1) is 18.2. The highest BCUT2D eigenvalue weighted by molar-refractivity contribution is 5.96. The van der Waals surface area contributed by atoms with E-state index in [1.54, 1.807) is 0 Å². The van der Waals surface area contributed by atoms with E-state index in [9.17, 15) is 4.79 Å². The molecule has 0 radical (unpaired) electrons. The normalized spacial score (nSPS) is 11.1. The van der Waals surface area contributed by atoms with Crippen molar-refractivity contribution < 1.29 is 4.79 Å². The van der Waals surface area contributed by atoms with Crippen LogP contribution in [0.15, 0.2) is 24.3 Å². The molecule has 0 saturated heterocycles. The fourth-order valence-electron chi connectivity index (χ4n) is 2.82. The van der Waals surface area contributed by atoms with E-state index >= 15 is 0 Å². The van der Waals surface area contributed by atoms with Gasteiger partial charge in [0.15, 0.2) is 0 Å². The van der Waals surface area contributed by atoms with Gasteiger partial charge in [0.1, 0.15) is 0 Å². The number of amides is 1. The highest BCUT2D eigenvalue weighted by Gasteiger charge is 2.22. The number of hydrogen-bond acceptors (Lipinski definition) is 3. The fourth-order valence-corrected chi connectivity index (χ4v) is 2.82. The molecule has 0 bridgehead atoms. The largest absolute Gasteiger partial charge is 0.351 e. The summed E-state index contributed by atoms with van der Waals surface area (Å²) in [5, 5.41) is 7.77. The molecule has 0 aliphatic rings. The number of likely N-dealkylation sites (N-methyl/N-ethyl adjacent to an activating group) is 1. The lowest BCUT2D eigenvalue weighted by molar-refractivity contribution is 0.0949. The Morgan fingerprint density at radius 1 is 1.21 bits per heavy atom. The van der Waals surface area contributed by atoms with Crippen LogP contribution >= 0.6 is 0 Å². The van der Waals surface area contributed by atoms with Crippen LogP contribution in [-0.2, 0) is 12.8 Å². The predicted molar refractivity (Wildman–Crippen MR) is 97.9 cm³/mol. The first-order valence-corrected chi connectivity index (χ1v) is 8.59. The summed E-state index contributed by atoms with van der Waals surface area (Å²) in [6, 6.07) is 8.14. The molecule has 0 saturated carbocycles. The van der Waals surface area contributed by atoms with Crippen LogP contribution in [0.1, 0.15) is 41.2 Å². The second-order valence-corrected chi connectivity index (χ2v) is 6.23. The molecule has 0 fully saturated rings. The average molecular weight is 328 g/mol. The molecule has 1 N–H and O–H groups in total. The molecule has 5 nitrogen and oxygen atoms in total. The summed E-state index contributed by atoms with van der Waals surface area (Å²) in [6.07, 6.45) is 1.50. The van der Waals surface area contributed by atoms with Crippen molar-refractivity contribution in [3.05, 3.63) is 46.8 Å². The van der Waals surface area contributed by atoms with Crippen molar-refractivity contribution in [2.75, 3.05) is 27.2 Å². The molecular formula is C19H28N4O. The van der Waals surface area contributed by atoms with Gasteiger partial charge in [-0.25, -0.2) is 4.68 Å². The Labute approximate surface area is 144 Å². The summed E-state index contributed by atoms with van der Waals surface area (Å²) < 4.78 is 1.94. The van der Waals surface area contributed by atoms with Crippen molar-refractivity contribution in [1.82, 2.24) is 20.0 Å². The molecule has 0 aliphatic carbocycles. The number of nitrogens with one attached hydrogen (secondary N) is 1. The molecule has 1 aromatic heterocycles. The van der Waals surface area contributed by atoms with Gasteiger partial charge in [0.25, 0.3) is 5.91 Å². The number of rotatable bonds is 7. The lowest BCUT2D eigenvalue weighted by Gasteiger charge is -2.12. The zero-order valence-electron chi connectivity index (χ0n) is 15.4. The maximum atomic E-state index is 12.7. The summed E-state index contributed by atoms with van der Waals surface area (Å²) in [5.41, 5.74) is 4.76. The third-order valence-corrected chi connectivity index (χ3v) is 4.14. The Hall–Kier alpha value is -2.14. The summed E-state index contributed by atoms with van der Waals surface area (Å²) in [4.78, 5) is 14.8. The van der Waals surface area contributed by atoms with Gasteiger partial charge in [-0.3, -0.25) is 4.79 Å². The van der Waals surface area contributed by atoms with Gasteiger partial charge in [-0.05, 0) is 45.5 Å². The lowest BCUT2D eigenvalue weighted by atomic mass is 10.1. The molecule has 1 amide bonds. The van der Waals surface area contributed by atoms with E-state index in [0.717, 1.165) is 47.6 Å². The van der Waals surface area contributed by atoms with Gasteiger partial charge in [0.05, 0.1) is 22.6 Å². The highest BCUT2D eigenvalue weighted by Crippen LogP contribution is 2.22. The minimum Gasteiger partial charge on any atom is -0.351 e. The van der Waals surface area contributed by atoms with E-state index in [1.807, 2.05) is 37.8 Å². The van der Waals surface area contributed by atoms with E-state index in [2.05, 4.69) is 36.2 Å². The van der Waals surface area contributed by atoms with Gasteiger partial charge in [-0.15, -0.1) is 0 Å². The third-order valence-electron chi connectivity index (χ3n) is 4.14. The van der Waals surface area contributed by atoms with Gasteiger partial charge in [0.2, 0.25) is 0 Å². The summed E-state index contributed by atoms with van der Waals surface area (Å²) in [5.74, 6) is -0.0228. The zero-order chi connectivity index (χ0) is 17.7. The second kappa shape index (κ2) is 8.11. The van der Waals surface area contributed by atoms with Crippen LogP contribution in [0.25, 0.3) is 5.69 Å². The van der Waals surface area contributed by atoms with Gasteiger partial charge in [-0.1, -0.05) is 32.0 Å². The van der Waals surface area contributed by atoms with Gasteiger partial charge in [0, 0.05) is 13.1 Å². The van der Waals surface area contributed by atoms with E-state index in [1.165, 1.54) is 0 Å². The van der Waals surface area contributed by atoms with E-state index < -0.39 is 0 Å². The second-order valence-electron chi connectivity index (χ2n) is 6.23. The SMILES string of the molecule is CCc1nn(-c2ccccc2C)c(CC)c1C(=O)NCCN(C)C. The monoisotopic (exact) mass is 328 g/mol. The highest BCUT2D eigenvalue weighted by atomic mass is 16.1. The Morgan fingerprint density at radius 2 is 1.92 bits per heavy atom. The third kappa shape index (κ3) is 3.85. The molecule has 5 heteroatoms. The van der Waals surface area contributed by atoms with Crippen LogP contribution in [0.2, 0.25) is 0 Å².